The first kappa shape index (κ1) is 23.9. The lowest BCUT2D eigenvalue weighted by Crippen LogP contribution is -2.30. The number of hydrogen-bond donors (Lipinski definition) is 2. The van der Waals surface area contributed by atoms with Crippen molar-refractivity contribution < 1.29 is 17.9 Å². The van der Waals surface area contributed by atoms with E-state index in [1.54, 1.807) is 6.07 Å². The molecular formula is C25H22ClF3N2O3. The molecule has 0 amide bonds. The van der Waals surface area contributed by atoms with Crippen molar-refractivity contribution in [1.29, 1.82) is 0 Å². The molecule has 4 rings (SSSR count). The van der Waals surface area contributed by atoms with Crippen LogP contribution in [-0.2, 0) is 6.42 Å². The van der Waals surface area contributed by atoms with E-state index in [9.17, 15) is 22.8 Å². The Labute approximate surface area is 198 Å². The van der Waals surface area contributed by atoms with E-state index in [2.05, 4.69) is 9.97 Å². The summed E-state index contributed by atoms with van der Waals surface area (Å²) in [5.74, 6) is -0.00219. The minimum Gasteiger partial charge on any atom is -0.484 e. The van der Waals surface area contributed by atoms with Gasteiger partial charge in [-0.15, -0.1) is 0 Å². The van der Waals surface area contributed by atoms with E-state index in [-0.39, 0.29) is 11.7 Å². The summed E-state index contributed by atoms with van der Waals surface area (Å²) in [6.07, 6.45) is -0.134. The normalized spacial score (nSPS) is 16.2. The Kier molecular flexibility index (Phi) is 6.97. The molecule has 178 valence electrons. The molecule has 2 aromatic carbocycles. The lowest BCUT2D eigenvalue weighted by Gasteiger charge is -2.24. The molecule has 2 N–H and O–H groups in total. The lowest BCUT2D eigenvalue weighted by atomic mass is 9.83. The Hall–Kier alpha value is -3.26. The number of allylic oxidation sites excluding steroid dienone is 2. The van der Waals surface area contributed by atoms with Gasteiger partial charge in [0.15, 0.2) is 6.61 Å². The Balaban J connectivity index is 1.54. The predicted molar refractivity (Wildman–Crippen MR) is 125 cm³/mol. The van der Waals surface area contributed by atoms with Crippen LogP contribution >= 0.6 is 11.6 Å². The van der Waals surface area contributed by atoms with E-state index in [1.807, 2.05) is 36.4 Å². The van der Waals surface area contributed by atoms with E-state index in [0.717, 1.165) is 16.7 Å². The molecule has 3 aromatic rings. The molecule has 0 saturated heterocycles. The fraction of sp³-hybridized carbons (Fsp3) is 0.280. The topological polar surface area (TPSA) is 75.0 Å². The zero-order valence-corrected chi connectivity index (χ0v) is 18.8. The summed E-state index contributed by atoms with van der Waals surface area (Å²) in [5.41, 5.74) is 2.89. The van der Waals surface area contributed by atoms with Crippen LogP contribution in [0.1, 0.15) is 47.6 Å². The zero-order valence-electron chi connectivity index (χ0n) is 18.0. The molecule has 1 heterocycles. The van der Waals surface area contributed by atoms with Crippen LogP contribution in [0.2, 0.25) is 5.02 Å². The Morgan fingerprint density at radius 3 is 2.47 bits per heavy atom. The van der Waals surface area contributed by atoms with Crippen molar-refractivity contribution in [3.05, 3.63) is 103 Å². The maximum absolute atomic E-state index is 12.6. The Morgan fingerprint density at radius 1 is 1.06 bits per heavy atom. The summed E-state index contributed by atoms with van der Waals surface area (Å²) in [6, 6.07) is 14.0. The molecule has 0 saturated carbocycles. The summed E-state index contributed by atoms with van der Waals surface area (Å²) < 4.78 is 41.9. The molecule has 0 aliphatic heterocycles. The maximum Gasteiger partial charge on any atom is 0.422 e. The molecule has 5 nitrogen and oxygen atoms in total. The van der Waals surface area contributed by atoms with Crippen molar-refractivity contribution in [2.75, 3.05) is 6.61 Å². The maximum atomic E-state index is 12.6. The highest BCUT2D eigenvalue weighted by Crippen LogP contribution is 2.39. The number of halogens is 4. The third kappa shape index (κ3) is 5.80. The van der Waals surface area contributed by atoms with Crippen molar-refractivity contribution in [1.82, 2.24) is 9.97 Å². The van der Waals surface area contributed by atoms with Gasteiger partial charge >= 0.3 is 11.9 Å². The average molecular weight is 491 g/mol. The number of alkyl halides is 3. The number of benzene rings is 2. The Bertz CT molecular complexity index is 1310. The highest BCUT2D eigenvalue weighted by atomic mass is 35.5. The van der Waals surface area contributed by atoms with Gasteiger partial charge in [-0.3, -0.25) is 9.78 Å². The van der Waals surface area contributed by atoms with Gasteiger partial charge in [-0.05, 0) is 54.2 Å². The standard InChI is InChI=1S/C25H22ClF3N2O3/c26-21-13-18(34-14-25(27,28)29)10-11-19(21)16-6-8-17(9-7-16)22-20(23(32)31-24(33)30-22)12-15-4-2-1-3-5-15/h1-6,10-11,13,17H,7-9,12,14H2,(H2,30,31,32,33). The van der Waals surface area contributed by atoms with Crippen LogP contribution in [0.5, 0.6) is 5.75 Å². The van der Waals surface area contributed by atoms with Crippen LogP contribution in [0.3, 0.4) is 0 Å². The van der Waals surface area contributed by atoms with Crippen molar-refractivity contribution in [2.24, 2.45) is 0 Å². The van der Waals surface area contributed by atoms with E-state index >= 15 is 0 Å². The van der Waals surface area contributed by atoms with Gasteiger partial charge in [-0.25, -0.2) is 4.79 Å². The highest BCUT2D eigenvalue weighted by Gasteiger charge is 2.28. The second-order valence-electron chi connectivity index (χ2n) is 8.21. The zero-order chi connectivity index (χ0) is 24.3. The van der Waals surface area contributed by atoms with Gasteiger partial charge in [0, 0.05) is 23.6 Å². The van der Waals surface area contributed by atoms with Crippen molar-refractivity contribution in [2.45, 2.75) is 37.8 Å². The van der Waals surface area contributed by atoms with E-state index in [1.165, 1.54) is 12.1 Å². The molecule has 34 heavy (non-hydrogen) atoms. The van der Waals surface area contributed by atoms with Gasteiger partial charge in [0.2, 0.25) is 0 Å². The Morgan fingerprint density at radius 2 is 1.82 bits per heavy atom. The van der Waals surface area contributed by atoms with Gasteiger partial charge in [0.05, 0.1) is 5.02 Å². The van der Waals surface area contributed by atoms with Crippen molar-refractivity contribution in [3.63, 3.8) is 0 Å². The summed E-state index contributed by atoms with van der Waals surface area (Å²) in [4.78, 5) is 29.8. The molecule has 1 atom stereocenters. The summed E-state index contributed by atoms with van der Waals surface area (Å²) in [5, 5.41) is 0.304. The molecule has 1 aliphatic rings. The van der Waals surface area contributed by atoms with E-state index < -0.39 is 24.0 Å². The second-order valence-corrected chi connectivity index (χ2v) is 8.62. The number of ether oxygens (including phenoxy) is 1. The molecule has 1 aromatic heterocycles. The van der Waals surface area contributed by atoms with Gasteiger partial charge in [-0.1, -0.05) is 48.0 Å². The minimum atomic E-state index is -4.43. The van der Waals surface area contributed by atoms with Crippen LogP contribution in [0.25, 0.3) is 5.57 Å². The lowest BCUT2D eigenvalue weighted by molar-refractivity contribution is -0.153. The first-order valence-electron chi connectivity index (χ1n) is 10.8. The van der Waals surface area contributed by atoms with Crippen LogP contribution in [0.4, 0.5) is 13.2 Å². The van der Waals surface area contributed by atoms with E-state index in [4.69, 9.17) is 16.3 Å². The number of H-pyrrole nitrogens is 2. The first-order valence-corrected chi connectivity index (χ1v) is 11.1. The third-order valence-corrected chi connectivity index (χ3v) is 6.12. The van der Waals surface area contributed by atoms with Crippen molar-refractivity contribution >= 4 is 17.2 Å². The minimum absolute atomic E-state index is 0.0481. The molecular weight excluding hydrogens is 469 g/mol. The van der Waals surface area contributed by atoms with Gasteiger partial charge < -0.3 is 9.72 Å². The fourth-order valence-corrected chi connectivity index (χ4v) is 4.50. The third-order valence-electron chi connectivity index (χ3n) is 5.81. The second kappa shape index (κ2) is 9.93. The highest BCUT2D eigenvalue weighted by molar-refractivity contribution is 6.32. The molecule has 9 heteroatoms. The quantitative estimate of drug-likeness (QED) is 0.472. The van der Waals surface area contributed by atoms with Crippen LogP contribution in [0, 0.1) is 0 Å². The predicted octanol–water partition coefficient (Wildman–Crippen LogP) is 5.60. The number of hydrogen-bond acceptors (Lipinski definition) is 3. The average Bonchev–Trinajstić information content (AvgIpc) is 2.80. The first-order chi connectivity index (χ1) is 16.2. The van der Waals surface area contributed by atoms with Crippen molar-refractivity contribution in [3.8, 4) is 5.75 Å². The monoisotopic (exact) mass is 490 g/mol. The summed E-state index contributed by atoms with van der Waals surface area (Å²) >= 11 is 6.33. The molecule has 1 unspecified atom stereocenters. The van der Waals surface area contributed by atoms with Gasteiger partial charge in [0.25, 0.3) is 5.56 Å². The molecule has 0 radical (unpaired) electrons. The van der Waals surface area contributed by atoms with Gasteiger partial charge in [0.1, 0.15) is 5.75 Å². The van der Waals surface area contributed by atoms with E-state index in [0.29, 0.717) is 42.0 Å². The SMILES string of the molecule is O=c1[nH]c(C2CC=C(c3ccc(OCC(F)(F)F)cc3Cl)CC2)c(Cc2ccccc2)c(=O)[nH]1. The number of nitrogens with one attached hydrogen (secondary N) is 2. The molecule has 0 spiro atoms. The molecule has 1 aliphatic carbocycles. The molecule has 0 fully saturated rings. The van der Waals surface area contributed by atoms with Crippen LogP contribution < -0.4 is 16.0 Å². The number of aromatic nitrogens is 2. The molecule has 0 bridgehead atoms. The fourth-order valence-electron chi connectivity index (χ4n) is 4.21. The number of aromatic amines is 2. The van der Waals surface area contributed by atoms with Crippen LogP contribution in [-0.4, -0.2) is 22.8 Å². The van der Waals surface area contributed by atoms with Crippen LogP contribution in [0.15, 0.2) is 64.2 Å². The smallest absolute Gasteiger partial charge is 0.422 e. The number of rotatable bonds is 6. The summed E-state index contributed by atoms with van der Waals surface area (Å²) in [7, 11) is 0. The summed E-state index contributed by atoms with van der Waals surface area (Å²) in [6.45, 7) is -1.38. The van der Waals surface area contributed by atoms with Gasteiger partial charge in [-0.2, -0.15) is 13.2 Å². The largest absolute Gasteiger partial charge is 0.484 e.